The third-order valence-corrected chi connectivity index (χ3v) is 6.12. The number of rotatable bonds is 4. The van der Waals surface area contributed by atoms with E-state index in [2.05, 4.69) is 110 Å². The Labute approximate surface area is 172 Å². The summed E-state index contributed by atoms with van der Waals surface area (Å²) in [4.78, 5) is 0. The fourth-order valence-electron chi connectivity index (χ4n) is 4.99. The summed E-state index contributed by atoms with van der Waals surface area (Å²) in [5.74, 6) is 0. The molecular formula is C29H22. The van der Waals surface area contributed by atoms with Crippen molar-refractivity contribution in [2.45, 2.75) is 5.41 Å². The molecule has 0 saturated carbocycles. The molecule has 138 valence electrons. The number of hydrogen-bond acceptors (Lipinski definition) is 0. The largest absolute Gasteiger partial charge is 0.0985 e. The molecule has 5 rings (SSSR count). The van der Waals surface area contributed by atoms with Gasteiger partial charge >= 0.3 is 0 Å². The molecule has 0 amide bonds. The van der Waals surface area contributed by atoms with Crippen LogP contribution < -0.4 is 0 Å². The maximum atomic E-state index is 4.12. The highest BCUT2D eigenvalue weighted by atomic mass is 14.5. The summed E-state index contributed by atoms with van der Waals surface area (Å²) in [6.45, 7) is 8.24. The van der Waals surface area contributed by atoms with E-state index >= 15 is 0 Å². The molecule has 1 aliphatic carbocycles. The van der Waals surface area contributed by atoms with Crippen molar-refractivity contribution >= 4 is 12.2 Å². The van der Waals surface area contributed by atoms with Crippen LogP contribution in [0.15, 0.2) is 110 Å². The van der Waals surface area contributed by atoms with Crippen LogP contribution in [0.2, 0.25) is 0 Å². The lowest BCUT2D eigenvalue weighted by Gasteiger charge is -2.36. The molecule has 0 spiro atoms. The highest BCUT2D eigenvalue weighted by Crippen LogP contribution is 2.57. The molecule has 0 nitrogen and oxygen atoms in total. The Morgan fingerprint density at radius 3 is 1.21 bits per heavy atom. The zero-order valence-electron chi connectivity index (χ0n) is 16.3. The molecule has 0 radical (unpaired) electrons. The summed E-state index contributed by atoms with van der Waals surface area (Å²) in [7, 11) is 0. The van der Waals surface area contributed by atoms with Crippen LogP contribution in [0, 0.1) is 0 Å². The van der Waals surface area contributed by atoms with Crippen LogP contribution in [0.25, 0.3) is 23.3 Å². The first-order valence-electron chi connectivity index (χ1n) is 9.95. The van der Waals surface area contributed by atoms with E-state index in [4.69, 9.17) is 0 Å². The quantitative estimate of drug-likeness (QED) is 0.310. The average Bonchev–Trinajstić information content (AvgIpc) is 3.10. The van der Waals surface area contributed by atoms with Gasteiger partial charge in [-0.3, -0.25) is 0 Å². The van der Waals surface area contributed by atoms with Crippen molar-refractivity contribution in [1.29, 1.82) is 0 Å². The summed E-state index contributed by atoms with van der Waals surface area (Å²) < 4.78 is 0. The van der Waals surface area contributed by atoms with Crippen LogP contribution in [0.3, 0.4) is 0 Å². The van der Waals surface area contributed by atoms with Crippen molar-refractivity contribution in [2.24, 2.45) is 0 Å². The van der Waals surface area contributed by atoms with Crippen LogP contribution >= 0.6 is 0 Å². The Kier molecular flexibility index (Phi) is 4.07. The zero-order chi connectivity index (χ0) is 19.8. The van der Waals surface area contributed by atoms with Gasteiger partial charge in [0.05, 0.1) is 5.41 Å². The third kappa shape index (κ3) is 2.33. The van der Waals surface area contributed by atoms with Gasteiger partial charge in [0.15, 0.2) is 0 Å². The number of fused-ring (bicyclic) bond motifs is 3. The second-order valence-corrected chi connectivity index (χ2v) is 7.42. The normalized spacial score (nSPS) is 13.4. The molecule has 0 aliphatic heterocycles. The Morgan fingerprint density at radius 2 is 0.793 bits per heavy atom. The van der Waals surface area contributed by atoms with E-state index in [1.54, 1.807) is 0 Å². The second kappa shape index (κ2) is 6.76. The van der Waals surface area contributed by atoms with Crippen LogP contribution in [0.5, 0.6) is 0 Å². The predicted molar refractivity (Wildman–Crippen MR) is 124 cm³/mol. The summed E-state index contributed by atoms with van der Waals surface area (Å²) >= 11 is 0. The monoisotopic (exact) mass is 370 g/mol. The molecule has 0 atom stereocenters. The van der Waals surface area contributed by atoms with Gasteiger partial charge in [0.25, 0.3) is 0 Å². The summed E-state index contributed by atoms with van der Waals surface area (Å²) in [5, 5.41) is 0. The molecule has 0 saturated heterocycles. The molecule has 0 heterocycles. The van der Waals surface area contributed by atoms with Crippen LogP contribution in [-0.4, -0.2) is 0 Å². The van der Waals surface area contributed by atoms with Crippen molar-refractivity contribution < 1.29 is 0 Å². The van der Waals surface area contributed by atoms with Crippen molar-refractivity contribution in [1.82, 2.24) is 0 Å². The van der Waals surface area contributed by atoms with Crippen LogP contribution in [0.4, 0.5) is 0 Å². The van der Waals surface area contributed by atoms with Crippen LogP contribution in [0.1, 0.15) is 33.4 Å². The zero-order valence-corrected chi connectivity index (χ0v) is 16.3. The van der Waals surface area contributed by atoms with Gasteiger partial charge in [-0.2, -0.15) is 0 Å². The molecule has 1 aliphatic rings. The summed E-state index contributed by atoms with van der Waals surface area (Å²) in [6.07, 6.45) is 3.94. The smallest absolute Gasteiger partial charge is 0.0725 e. The van der Waals surface area contributed by atoms with Crippen molar-refractivity contribution in [2.75, 3.05) is 0 Å². The Hall–Kier alpha value is -3.64. The minimum atomic E-state index is -0.414. The second-order valence-electron chi connectivity index (χ2n) is 7.42. The molecule has 0 aromatic heterocycles. The van der Waals surface area contributed by atoms with E-state index in [1.807, 2.05) is 12.2 Å². The topological polar surface area (TPSA) is 0 Å². The van der Waals surface area contributed by atoms with Gasteiger partial charge in [-0.25, -0.2) is 0 Å². The Bertz CT molecular complexity index is 1140. The minimum absolute atomic E-state index is 0.414. The number of hydrogen-bond donors (Lipinski definition) is 0. The van der Waals surface area contributed by atoms with E-state index in [-0.39, 0.29) is 0 Å². The molecule has 0 unspecified atom stereocenters. The first-order valence-corrected chi connectivity index (χ1v) is 9.95. The van der Waals surface area contributed by atoms with Gasteiger partial charge in [0.2, 0.25) is 0 Å². The molecule has 4 aromatic rings. The molecule has 0 heteroatoms. The average molecular weight is 370 g/mol. The fraction of sp³-hybridized carbons (Fsp3) is 0.0345. The first-order chi connectivity index (χ1) is 14.3. The van der Waals surface area contributed by atoms with E-state index in [9.17, 15) is 0 Å². The van der Waals surface area contributed by atoms with Gasteiger partial charge < -0.3 is 0 Å². The standard InChI is InChI=1S/C29H22/c1-3-21-13-5-9-17-25(21)29(26-18-10-6-14-22(26)4-2)27-19-11-7-15-23(27)24-16-8-12-20-28(24)29/h3-20H,1-2H2. The molecule has 0 fully saturated rings. The highest BCUT2D eigenvalue weighted by molar-refractivity contribution is 5.88. The van der Waals surface area contributed by atoms with Crippen LogP contribution in [-0.2, 0) is 5.41 Å². The molecule has 0 N–H and O–H groups in total. The van der Waals surface area contributed by atoms with Crippen molar-refractivity contribution in [3.05, 3.63) is 144 Å². The summed E-state index contributed by atoms with van der Waals surface area (Å²) in [6, 6.07) is 34.8. The van der Waals surface area contributed by atoms with E-state index in [0.717, 1.165) is 11.1 Å². The number of benzene rings is 4. The lowest BCUT2D eigenvalue weighted by atomic mass is 9.65. The highest BCUT2D eigenvalue weighted by Gasteiger charge is 2.47. The SMILES string of the molecule is C=Cc1ccccc1C1(c2ccccc2C=C)c2ccccc2-c2ccccc21. The Morgan fingerprint density at radius 1 is 0.448 bits per heavy atom. The van der Waals surface area contributed by atoms with Gasteiger partial charge in [-0.1, -0.05) is 122 Å². The van der Waals surface area contributed by atoms with E-state index in [1.165, 1.54) is 33.4 Å². The van der Waals surface area contributed by atoms with Gasteiger partial charge in [-0.15, -0.1) is 0 Å². The maximum Gasteiger partial charge on any atom is 0.0725 e. The first kappa shape index (κ1) is 17.5. The molecule has 4 aromatic carbocycles. The van der Waals surface area contributed by atoms with Gasteiger partial charge in [0.1, 0.15) is 0 Å². The molecular weight excluding hydrogens is 348 g/mol. The lowest BCUT2D eigenvalue weighted by Crippen LogP contribution is -2.30. The van der Waals surface area contributed by atoms with Gasteiger partial charge in [-0.05, 0) is 44.5 Å². The molecule has 29 heavy (non-hydrogen) atoms. The lowest BCUT2D eigenvalue weighted by molar-refractivity contribution is 0.764. The maximum absolute atomic E-state index is 4.12. The van der Waals surface area contributed by atoms with Gasteiger partial charge in [0, 0.05) is 0 Å². The third-order valence-electron chi connectivity index (χ3n) is 6.12. The van der Waals surface area contributed by atoms with Crippen molar-refractivity contribution in [3.63, 3.8) is 0 Å². The molecule has 0 bridgehead atoms. The fourth-order valence-corrected chi connectivity index (χ4v) is 4.99. The minimum Gasteiger partial charge on any atom is -0.0985 e. The predicted octanol–water partition coefficient (Wildman–Crippen LogP) is 7.34. The Balaban J connectivity index is 2.04. The van der Waals surface area contributed by atoms with Crippen molar-refractivity contribution in [3.8, 4) is 11.1 Å². The van der Waals surface area contributed by atoms with E-state index < -0.39 is 5.41 Å². The van der Waals surface area contributed by atoms with E-state index in [0.29, 0.717) is 0 Å². The summed E-state index contributed by atoms with van der Waals surface area (Å²) in [5.41, 5.74) is 9.60.